The minimum atomic E-state index is -1.44. The fourth-order valence-corrected chi connectivity index (χ4v) is 2.16. The first kappa shape index (κ1) is 13.1. The van der Waals surface area contributed by atoms with Gasteiger partial charge in [-0.2, -0.15) is 0 Å². The Balaban J connectivity index is 2.70. The van der Waals surface area contributed by atoms with Crippen molar-refractivity contribution in [3.05, 3.63) is 35.4 Å². The van der Waals surface area contributed by atoms with Gasteiger partial charge in [-0.15, -0.1) is 0 Å². The summed E-state index contributed by atoms with van der Waals surface area (Å²) in [5.41, 5.74) is 1.35. The summed E-state index contributed by atoms with van der Waals surface area (Å²) in [6.07, 6.45) is 0.425. The number of carbonyl (C=O) groups excluding carboxylic acids is 1. The molecule has 1 aromatic carbocycles. The van der Waals surface area contributed by atoms with Crippen molar-refractivity contribution < 1.29 is 18.9 Å². The lowest BCUT2D eigenvalue weighted by molar-refractivity contribution is 0.0600. The van der Waals surface area contributed by atoms with Crippen LogP contribution in [-0.4, -0.2) is 24.6 Å². The molecule has 0 radical (unpaired) electrons. The Morgan fingerprint density at radius 1 is 1.50 bits per heavy atom. The zero-order valence-electron chi connectivity index (χ0n) is 9.34. The van der Waals surface area contributed by atoms with Gasteiger partial charge in [0, 0.05) is 6.16 Å². The van der Waals surface area contributed by atoms with Crippen molar-refractivity contribution in [2.45, 2.75) is 13.1 Å². The van der Waals surface area contributed by atoms with Gasteiger partial charge in [-0.05, 0) is 24.6 Å². The number of hydrogen-bond donors (Lipinski definition) is 1. The number of esters is 1. The molecule has 1 aromatic rings. The molecule has 1 N–H and O–H groups in total. The molecule has 0 amide bonds. The molecule has 1 atom stereocenters. The highest BCUT2D eigenvalue weighted by Crippen LogP contribution is 2.35. The van der Waals surface area contributed by atoms with Gasteiger partial charge in [0.2, 0.25) is 0 Å². The topological polar surface area (TPSA) is 55.8 Å². The molecular weight excluding hydrogens is 227 g/mol. The van der Waals surface area contributed by atoms with Gasteiger partial charge in [-0.25, -0.2) is 4.79 Å². The van der Waals surface area contributed by atoms with Gasteiger partial charge in [0.1, 0.15) is 0 Å². The fourth-order valence-electron chi connectivity index (χ4n) is 1.27. The molecule has 0 spiro atoms. The average Bonchev–Trinajstić information content (AvgIpc) is 2.28. The molecule has 0 aliphatic carbocycles. The zero-order chi connectivity index (χ0) is 12.0. The van der Waals surface area contributed by atoms with E-state index in [0.29, 0.717) is 18.3 Å². The summed E-state index contributed by atoms with van der Waals surface area (Å²) in [6.45, 7) is 2.31. The molecule has 0 fully saturated rings. The molecule has 88 valence electrons. The fraction of sp³-hybridized carbons (Fsp3) is 0.364. The molecule has 0 saturated carbocycles. The van der Waals surface area contributed by atoms with Gasteiger partial charge in [0.25, 0.3) is 0 Å². The molecule has 1 unspecified atom stereocenters. The Morgan fingerprint density at radius 2 is 2.25 bits per heavy atom. The van der Waals surface area contributed by atoms with E-state index >= 15 is 0 Å². The summed E-state index contributed by atoms with van der Waals surface area (Å²) in [5, 5.41) is 0. The summed E-state index contributed by atoms with van der Waals surface area (Å²) in [6, 6.07) is 6.99. The smallest absolute Gasteiger partial charge is 0.337 e. The predicted octanol–water partition coefficient (Wildman–Crippen LogP) is 2.31. The van der Waals surface area contributed by atoms with E-state index in [1.54, 1.807) is 18.2 Å². The molecule has 0 bridgehead atoms. The van der Waals surface area contributed by atoms with Crippen molar-refractivity contribution in [2.24, 2.45) is 0 Å². The summed E-state index contributed by atoms with van der Waals surface area (Å²) in [5.74, 6) is -0.375. The average molecular weight is 242 g/mol. The maximum atomic E-state index is 11.3. The molecule has 0 saturated heterocycles. The Hall–Kier alpha value is -0.960. The normalized spacial score (nSPS) is 12.2. The number of hydrogen-bond acceptors (Lipinski definition) is 4. The van der Waals surface area contributed by atoms with Crippen molar-refractivity contribution in [1.29, 1.82) is 0 Å². The lowest BCUT2D eigenvalue weighted by Crippen LogP contribution is -2.01. The van der Waals surface area contributed by atoms with Crippen molar-refractivity contribution in [1.82, 2.24) is 0 Å². The molecule has 1 rings (SSSR count). The summed E-state index contributed by atoms with van der Waals surface area (Å²) >= 11 is 0. The van der Waals surface area contributed by atoms with Crippen LogP contribution < -0.4 is 0 Å². The zero-order valence-corrected chi connectivity index (χ0v) is 10.2. The van der Waals surface area contributed by atoms with Gasteiger partial charge < -0.3 is 14.2 Å². The quantitative estimate of drug-likeness (QED) is 0.636. The summed E-state index contributed by atoms with van der Waals surface area (Å²) in [7, 11) is -0.104. The molecule has 4 nitrogen and oxygen atoms in total. The second kappa shape index (κ2) is 6.59. The number of benzene rings is 1. The van der Waals surface area contributed by atoms with E-state index in [2.05, 4.69) is 4.74 Å². The standard InChI is InChI=1S/C11H15O4P/c1-3-15-16(13)8-9-5-4-6-10(7-9)11(12)14-2/h4-7,13H,3,8H2,1-2H3. The first-order valence-corrected chi connectivity index (χ1v) is 6.33. The molecule has 5 heteroatoms. The van der Waals surface area contributed by atoms with Gasteiger partial charge in [0.15, 0.2) is 8.38 Å². The van der Waals surface area contributed by atoms with Crippen molar-refractivity contribution in [3.63, 3.8) is 0 Å². The van der Waals surface area contributed by atoms with Gasteiger partial charge in [0.05, 0.1) is 19.3 Å². The van der Waals surface area contributed by atoms with Gasteiger partial charge in [-0.3, -0.25) is 0 Å². The van der Waals surface area contributed by atoms with Crippen LogP contribution in [0.25, 0.3) is 0 Å². The SMILES string of the molecule is CCOP(O)Cc1cccc(C(=O)OC)c1. The van der Waals surface area contributed by atoms with Crippen LogP contribution in [0.4, 0.5) is 0 Å². The van der Waals surface area contributed by atoms with E-state index < -0.39 is 8.38 Å². The number of carbonyl (C=O) groups is 1. The summed E-state index contributed by atoms with van der Waals surface area (Å²) < 4.78 is 9.69. The minimum Gasteiger partial charge on any atom is -0.465 e. The Labute approximate surface area is 96.1 Å². The van der Waals surface area contributed by atoms with E-state index in [0.717, 1.165) is 5.56 Å². The number of rotatable bonds is 5. The lowest BCUT2D eigenvalue weighted by Gasteiger charge is -2.09. The highest BCUT2D eigenvalue weighted by atomic mass is 31.2. The molecule has 0 aliphatic heterocycles. The maximum absolute atomic E-state index is 11.3. The van der Waals surface area contributed by atoms with Crippen molar-refractivity contribution in [3.8, 4) is 0 Å². The van der Waals surface area contributed by atoms with Gasteiger partial charge >= 0.3 is 5.97 Å². The number of methoxy groups -OCH3 is 1. The monoisotopic (exact) mass is 242 g/mol. The third-order valence-corrected chi connectivity index (χ3v) is 3.14. The summed E-state index contributed by atoms with van der Waals surface area (Å²) in [4.78, 5) is 20.8. The molecular formula is C11H15O4P. The van der Waals surface area contributed by atoms with Crippen LogP contribution in [0.3, 0.4) is 0 Å². The Kier molecular flexibility index (Phi) is 5.39. The Bertz CT molecular complexity index is 354. The molecule has 0 aliphatic rings. The largest absolute Gasteiger partial charge is 0.465 e. The second-order valence-electron chi connectivity index (χ2n) is 3.12. The lowest BCUT2D eigenvalue weighted by atomic mass is 10.1. The van der Waals surface area contributed by atoms with E-state index in [1.165, 1.54) is 7.11 Å². The van der Waals surface area contributed by atoms with E-state index in [-0.39, 0.29) is 5.97 Å². The number of ether oxygens (including phenoxy) is 1. The molecule has 16 heavy (non-hydrogen) atoms. The van der Waals surface area contributed by atoms with E-state index in [9.17, 15) is 9.69 Å². The van der Waals surface area contributed by atoms with Crippen LogP contribution in [0.5, 0.6) is 0 Å². The molecule has 0 heterocycles. The predicted molar refractivity (Wildman–Crippen MR) is 62.3 cm³/mol. The highest BCUT2D eigenvalue weighted by Gasteiger charge is 2.09. The second-order valence-corrected chi connectivity index (χ2v) is 4.40. The van der Waals surface area contributed by atoms with E-state index in [4.69, 9.17) is 4.52 Å². The highest BCUT2D eigenvalue weighted by molar-refractivity contribution is 7.45. The van der Waals surface area contributed by atoms with Crippen molar-refractivity contribution in [2.75, 3.05) is 13.7 Å². The van der Waals surface area contributed by atoms with Crippen LogP contribution in [0.2, 0.25) is 0 Å². The van der Waals surface area contributed by atoms with Crippen LogP contribution in [-0.2, 0) is 15.4 Å². The van der Waals surface area contributed by atoms with Crippen LogP contribution in [0.15, 0.2) is 24.3 Å². The van der Waals surface area contributed by atoms with Crippen molar-refractivity contribution >= 4 is 14.3 Å². The first-order valence-electron chi connectivity index (χ1n) is 4.94. The third kappa shape index (κ3) is 3.89. The van der Waals surface area contributed by atoms with E-state index in [1.807, 2.05) is 13.0 Å². The molecule has 0 aromatic heterocycles. The first-order chi connectivity index (χ1) is 7.67. The van der Waals surface area contributed by atoms with Crippen LogP contribution >= 0.6 is 8.38 Å². The Morgan fingerprint density at radius 3 is 2.88 bits per heavy atom. The van der Waals surface area contributed by atoms with Crippen LogP contribution in [0.1, 0.15) is 22.8 Å². The third-order valence-electron chi connectivity index (χ3n) is 1.94. The maximum Gasteiger partial charge on any atom is 0.337 e. The van der Waals surface area contributed by atoms with Gasteiger partial charge in [-0.1, -0.05) is 12.1 Å². The van der Waals surface area contributed by atoms with Crippen LogP contribution in [0, 0.1) is 0 Å². The minimum absolute atomic E-state index is 0.375.